The molecule has 2 amide bonds. The topological polar surface area (TPSA) is 58.1 Å². The van der Waals surface area contributed by atoms with Crippen molar-refractivity contribution in [3.8, 4) is 0 Å². The summed E-state index contributed by atoms with van der Waals surface area (Å²) in [6, 6.07) is 15.0. The zero-order chi connectivity index (χ0) is 17.4. The van der Waals surface area contributed by atoms with Gasteiger partial charge < -0.3 is 5.32 Å². The number of para-hydroxylation sites is 2. The summed E-state index contributed by atoms with van der Waals surface area (Å²) in [5.41, 5.74) is 1.75. The van der Waals surface area contributed by atoms with E-state index in [2.05, 4.69) is 15.3 Å². The van der Waals surface area contributed by atoms with Crippen LogP contribution in [0.25, 0.3) is 0 Å². The number of benzene rings is 2. The molecule has 0 saturated heterocycles. The van der Waals surface area contributed by atoms with Gasteiger partial charge in [-0.25, -0.2) is 14.8 Å². The molecule has 0 aliphatic carbocycles. The van der Waals surface area contributed by atoms with E-state index in [0.29, 0.717) is 0 Å². The van der Waals surface area contributed by atoms with Gasteiger partial charge in [-0.2, -0.15) is 0 Å². The first-order valence-electron chi connectivity index (χ1n) is 7.28. The van der Waals surface area contributed by atoms with Crippen LogP contribution < -0.4 is 10.2 Å². The first-order valence-corrected chi connectivity index (χ1v) is 8.85. The third-order valence-corrected chi connectivity index (χ3v) is 5.33. The maximum absolute atomic E-state index is 13.0. The molecule has 124 valence electrons. The quantitative estimate of drug-likeness (QED) is 0.549. The Labute approximate surface area is 158 Å². The molecule has 5 nitrogen and oxygen atoms in total. The van der Waals surface area contributed by atoms with E-state index in [1.54, 1.807) is 16.7 Å². The van der Waals surface area contributed by atoms with Crippen LogP contribution in [0.5, 0.6) is 0 Å². The summed E-state index contributed by atoms with van der Waals surface area (Å²) in [5, 5.41) is 2.89. The van der Waals surface area contributed by atoms with Gasteiger partial charge in [-0.15, -0.1) is 0 Å². The first kappa shape index (κ1) is 16.2. The molecule has 0 unspecified atom stereocenters. The van der Waals surface area contributed by atoms with Crippen molar-refractivity contribution in [2.24, 2.45) is 0 Å². The highest BCUT2D eigenvalue weighted by atomic mass is 35.5. The number of fused-ring (bicyclic) bond motifs is 2. The van der Waals surface area contributed by atoms with Gasteiger partial charge in [0.05, 0.1) is 11.4 Å². The molecule has 0 fully saturated rings. The lowest BCUT2D eigenvalue weighted by Crippen LogP contribution is -2.33. The standard InChI is InChI=1S/C17H10Cl2N4OS/c18-15-14(16(19)21-9-20-15)22-17(24)23-10-5-1-3-7-12(10)25-13-8-4-2-6-11(13)23/h1-9H,(H,22,24). The average Bonchev–Trinajstić information content (AvgIpc) is 2.62. The highest BCUT2D eigenvalue weighted by molar-refractivity contribution is 7.99. The van der Waals surface area contributed by atoms with Crippen LogP contribution in [-0.4, -0.2) is 16.0 Å². The van der Waals surface area contributed by atoms with Crippen molar-refractivity contribution in [3.63, 3.8) is 0 Å². The van der Waals surface area contributed by atoms with E-state index in [-0.39, 0.29) is 22.0 Å². The summed E-state index contributed by atoms with van der Waals surface area (Å²) in [7, 11) is 0. The van der Waals surface area contributed by atoms with E-state index >= 15 is 0 Å². The summed E-state index contributed by atoms with van der Waals surface area (Å²) in [4.78, 5) is 24.3. The maximum Gasteiger partial charge on any atom is 0.331 e. The minimum Gasteiger partial charge on any atom is -0.302 e. The Morgan fingerprint density at radius 3 is 2.00 bits per heavy atom. The molecule has 1 aliphatic heterocycles. The van der Waals surface area contributed by atoms with Gasteiger partial charge in [-0.05, 0) is 24.3 Å². The fourth-order valence-corrected chi connectivity index (χ4v) is 4.00. The number of halogens is 2. The molecule has 2 heterocycles. The average molecular weight is 389 g/mol. The number of hydrogen-bond acceptors (Lipinski definition) is 4. The van der Waals surface area contributed by atoms with Crippen LogP contribution in [0.1, 0.15) is 0 Å². The van der Waals surface area contributed by atoms with Gasteiger partial charge >= 0.3 is 6.03 Å². The zero-order valence-electron chi connectivity index (χ0n) is 12.6. The number of anilines is 3. The molecule has 2 aromatic carbocycles. The Hall–Kier alpha value is -2.28. The molecule has 0 saturated carbocycles. The molecule has 4 rings (SSSR count). The van der Waals surface area contributed by atoms with E-state index in [1.165, 1.54) is 6.33 Å². The third-order valence-electron chi connectivity index (χ3n) is 3.62. The lowest BCUT2D eigenvalue weighted by atomic mass is 10.2. The second-order valence-electron chi connectivity index (χ2n) is 5.13. The second-order valence-corrected chi connectivity index (χ2v) is 6.93. The first-order chi connectivity index (χ1) is 12.1. The van der Waals surface area contributed by atoms with Crippen molar-refractivity contribution in [1.29, 1.82) is 0 Å². The lowest BCUT2D eigenvalue weighted by Gasteiger charge is -2.31. The summed E-state index contributed by atoms with van der Waals surface area (Å²) in [6.07, 6.45) is 1.24. The number of amides is 2. The Morgan fingerprint density at radius 2 is 1.44 bits per heavy atom. The highest BCUT2D eigenvalue weighted by Crippen LogP contribution is 2.48. The smallest absolute Gasteiger partial charge is 0.302 e. The minimum atomic E-state index is -0.390. The Kier molecular flexibility index (Phi) is 4.25. The highest BCUT2D eigenvalue weighted by Gasteiger charge is 2.28. The molecule has 0 atom stereocenters. The van der Waals surface area contributed by atoms with Crippen molar-refractivity contribution in [2.75, 3.05) is 10.2 Å². The van der Waals surface area contributed by atoms with Crippen LogP contribution in [0, 0.1) is 0 Å². The number of carbonyl (C=O) groups excluding carboxylic acids is 1. The van der Waals surface area contributed by atoms with E-state index in [4.69, 9.17) is 23.2 Å². The molecule has 8 heteroatoms. The van der Waals surface area contributed by atoms with Gasteiger partial charge in [-0.3, -0.25) is 4.90 Å². The van der Waals surface area contributed by atoms with Crippen molar-refractivity contribution in [1.82, 2.24) is 9.97 Å². The van der Waals surface area contributed by atoms with Crippen molar-refractivity contribution >= 4 is 58.1 Å². The zero-order valence-corrected chi connectivity index (χ0v) is 14.9. The predicted octanol–water partition coefficient (Wildman–Crippen LogP) is 5.62. The van der Waals surface area contributed by atoms with E-state index in [9.17, 15) is 4.79 Å². The molecule has 3 aromatic rings. The normalized spacial score (nSPS) is 12.3. The molecule has 25 heavy (non-hydrogen) atoms. The molecule has 0 radical (unpaired) electrons. The summed E-state index contributed by atoms with van der Waals surface area (Å²) in [5.74, 6) is 0. The Balaban J connectivity index is 1.78. The van der Waals surface area contributed by atoms with Crippen LogP contribution in [0.4, 0.5) is 21.9 Å². The van der Waals surface area contributed by atoms with Gasteiger partial charge in [0.2, 0.25) is 0 Å². The monoisotopic (exact) mass is 388 g/mol. The van der Waals surface area contributed by atoms with Crippen LogP contribution in [0.3, 0.4) is 0 Å². The van der Waals surface area contributed by atoms with Gasteiger partial charge in [-0.1, -0.05) is 59.2 Å². The molecule has 0 spiro atoms. The van der Waals surface area contributed by atoms with Gasteiger partial charge in [0.15, 0.2) is 10.3 Å². The summed E-state index contributed by atoms with van der Waals surface area (Å²) < 4.78 is 0. The number of nitrogens with one attached hydrogen (secondary N) is 1. The fourth-order valence-electron chi connectivity index (χ4n) is 2.53. The van der Waals surface area contributed by atoms with Crippen molar-refractivity contribution in [3.05, 3.63) is 65.2 Å². The van der Waals surface area contributed by atoms with E-state index in [1.807, 2.05) is 48.5 Å². The number of aromatic nitrogens is 2. The number of carbonyl (C=O) groups is 1. The van der Waals surface area contributed by atoms with Crippen LogP contribution in [0.15, 0.2) is 64.6 Å². The number of urea groups is 1. The minimum absolute atomic E-state index is 0.0845. The number of rotatable bonds is 1. The largest absolute Gasteiger partial charge is 0.331 e. The van der Waals surface area contributed by atoms with Gasteiger partial charge in [0.25, 0.3) is 0 Å². The Bertz CT molecular complexity index is 917. The van der Waals surface area contributed by atoms with Crippen LogP contribution in [-0.2, 0) is 0 Å². The van der Waals surface area contributed by atoms with Crippen LogP contribution >= 0.6 is 35.0 Å². The second kappa shape index (κ2) is 6.55. The third kappa shape index (κ3) is 2.93. The molecule has 0 bridgehead atoms. The molecule has 1 N–H and O–H groups in total. The molecular formula is C17H10Cl2N4OS. The van der Waals surface area contributed by atoms with Gasteiger partial charge in [0.1, 0.15) is 12.0 Å². The SMILES string of the molecule is O=C(Nc1c(Cl)ncnc1Cl)N1c2ccccc2Sc2ccccc21. The van der Waals surface area contributed by atoms with Crippen molar-refractivity contribution in [2.45, 2.75) is 9.79 Å². The van der Waals surface area contributed by atoms with Crippen LogP contribution in [0.2, 0.25) is 10.3 Å². The maximum atomic E-state index is 13.0. The van der Waals surface area contributed by atoms with E-state index < -0.39 is 0 Å². The fraction of sp³-hybridized carbons (Fsp3) is 0. The summed E-state index contributed by atoms with van der Waals surface area (Å²) in [6.45, 7) is 0. The lowest BCUT2D eigenvalue weighted by molar-refractivity contribution is 0.258. The van der Waals surface area contributed by atoms with E-state index in [0.717, 1.165) is 21.2 Å². The molecule has 1 aliphatic rings. The van der Waals surface area contributed by atoms with Gasteiger partial charge in [0, 0.05) is 9.79 Å². The number of nitrogens with zero attached hydrogens (tertiary/aromatic N) is 3. The molecular weight excluding hydrogens is 379 g/mol. The Morgan fingerprint density at radius 1 is 0.920 bits per heavy atom. The van der Waals surface area contributed by atoms with Crippen molar-refractivity contribution < 1.29 is 4.79 Å². The summed E-state index contributed by atoms with van der Waals surface area (Å²) >= 11 is 13.7. The predicted molar refractivity (Wildman–Crippen MR) is 100 cm³/mol. The molecule has 1 aromatic heterocycles. The number of hydrogen-bond donors (Lipinski definition) is 1.